The zero-order valence-corrected chi connectivity index (χ0v) is 19.2. The van der Waals surface area contributed by atoms with Crippen LogP contribution in [0, 0.1) is 0 Å². The first-order chi connectivity index (χ1) is 14.6. The Hall–Kier alpha value is -2.09. The van der Waals surface area contributed by atoms with Crippen LogP contribution in [-0.2, 0) is 13.0 Å². The molecule has 7 heteroatoms. The van der Waals surface area contributed by atoms with Crippen LogP contribution in [0.3, 0.4) is 0 Å². The molecule has 5 nitrogen and oxygen atoms in total. The third-order valence-corrected chi connectivity index (χ3v) is 7.33. The summed E-state index contributed by atoms with van der Waals surface area (Å²) in [4.78, 5) is 17.0. The van der Waals surface area contributed by atoms with Gasteiger partial charge in [0.1, 0.15) is 0 Å². The van der Waals surface area contributed by atoms with Gasteiger partial charge in [-0.25, -0.2) is 0 Å². The number of carbonyl (C=O) groups is 1. The molecule has 1 amide bonds. The fourth-order valence-corrected chi connectivity index (χ4v) is 5.48. The minimum Gasteiger partial charge on any atom is -0.454 e. The van der Waals surface area contributed by atoms with Crippen LogP contribution in [0.15, 0.2) is 40.2 Å². The molecule has 30 heavy (non-hydrogen) atoms. The van der Waals surface area contributed by atoms with E-state index >= 15 is 0 Å². The highest BCUT2D eigenvalue weighted by Crippen LogP contribution is 2.38. The summed E-state index contributed by atoms with van der Waals surface area (Å²) in [7, 11) is 2.16. The van der Waals surface area contributed by atoms with Gasteiger partial charge in [0.15, 0.2) is 11.5 Å². The number of amides is 1. The van der Waals surface area contributed by atoms with Crippen LogP contribution in [-0.4, -0.2) is 49.2 Å². The van der Waals surface area contributed by atoms with Gasteiger partial charge in [-0.2, -0.15) is 0 Å². The number of nitrogens with zero attached hydrogens (tertiary/aromatic N) is 2. The summed E-state index contributed by atoms with van der Waals surface area (Å²) >= 11 is 5.39. The van der Waals surface area contributed by atoms with Crippen molar-refractivity contribution in [3.8, 4) is 11.5 Å². The molecule has 2 aliphatic heterocycles. The first-order valence-corrected chi connectivity index (χ1v) is 11.8. The van der Waals surface area contributed by atoms with Crippen molar-refractivity contribution in [2.24, 2.45) is 0 Å². The van der Waals surface area contributed by atoms with E-state index in [2.05, 4.69) is 51.5 Å². The molecular formula is C23H23BrN2O3S. The number of hydrogen-bond acceptors (Lipinski definition) is 5. The second kappa shape index (κ2) is 8.21. The number of benzene rings is 2. The minimum absolute atomic E-state index is 0.0984. The van der Waals surface area contributed by atoms with E-state index in [1.165, 1.54) is 15.6 Å². The molecule has 0 bridgehead atoms. The Morgan fingerprint density at radius 1 is 1.17 bits per heavy atom. The lowest BCUT2D eigenvalue weighted by molar-refractivity contribution is 0.0771. The number of carbonyl (C=O) groups excluding carboxylic acids is 1. The van der Waals surface area contributed by atoms with Gasteiger partial charge in [0.05, 0.1) is 0 Å². The van der Waals surface area contributed by atoms with Gasteiger partial charge in [0.2, 0.25) is 6.79 Å². The van der Waals surface area contributed by atoms with Crippen LogP contribution >= 0.6 is 27.3 Å². The molecule has 0 spiro atoms. The Labute approximate surface area is 188 Å². The summed E-state index contributed by atoms with van der Waals surface area (Å²) < 4.78 is 13.3. The van der Waals surface area contributed by atoms with E-state index in [4.69, 9.17) is 9.47 Å². The number of fused-ring (bicyclic) bond motifs is 3. The number of halogens is 1. The quantitative estimate of drug-likeness (QED) is 0.475. The third-order valence-electron chi connectivity index (χ3n) is 5.82. The summed E-state index contributed by atoms with van der Waals surface area (Å²) in [5, 5.41) is 3.62. The van der Waals surface area contributed by atoms with E-state index < -0.39 is 0 Å². The van der Waals surface area contributed by atoms with Gasteiger partial charge >= 0.3 is 0 Å². The van der Waals surface area contributed by atoms with Crippen molar-refractivity contribution >= 4 is 43.3 Å². The lowest BCUT2D eigenvalue weighted by atomic mass is 10.1. The second-order valence-electron chi connectivity index (χ2n) is 7.90. The molecule has 2 aromatic carbocycles. The Bertz CT molecular complexity index is 1110. The topological polar surface area (TPSA) is 42.0 Å². The summed E-state index contributed by atoms with van der Waals surface area (Å²) in [6.07, 6.45) is 1.99. The van der Waals surface area contributed by atoms with E-state index in [-0.39, 0.29) is 12.7 Å². The molecule has 0 aliphatic carbocycles. The lowest BCUT2D eigenvalue weighted by Gasteiger charge is -2.20. The summed E-state index contributed by atoms with van der Waals surface area (Å²) in [5.41, 5.74) is 3.20. The first kappa shape index (κ1) is 19.8. The Morgan fingerprint density at radius 2 is 2.00 bits per heavy atom. The van der Waals surface area contributed by atoms with Gasteiger partial charge in [-0.1, -0.05) is 15.9 Å². The molecular weight excluding hydrogens is 464 g/mol. The standard InChI is InChI=1S/C23H23BrN2O3S/c1-25(8-5-15-13-30-22-4-3-17(24)10-18(15)22)6-2-7-26-12-16-9-20-21(29-14-28-20)11-19(16)23(26)27/h3-4,9-11,13H,2,5-8,12,14H2,1H3. The number of ether oxygens (including phenoxy) is 2. The highest BCUT2D eigenvalue weighted by Gasteiger charge is 2.30. The average Bonchev–Trinajstić information content (AvgIpc) is 3.43. The molecule has 0 N–H and O–H groups in total. The zero-order valence-electron chi connectivity index (χ0n) is 16.8. The van der Waals surface area contributed by atoms with E-state index in [1.54, 1.807) is 0 Å². The van der Waals surface area contributed by atoms with E-state index in [0.29, 0.717) is 12.3 Å². The maximum atomic E-state index is 12.7. The minimum atomic E-state index is 0.0984. The molecule has 0 saturated carbocycles. The van der Waals surface area contributed by atoms with Gasteiger partial charge in [-0.3, -0.25) is 4.79 Å². The second-order valence-corrected chi connectivity index (χ2v) is 9.72. The van der Waals surface area contributed by atoms with Gasteiger partial charge in [0, 0.05) is 34.4 Å². The average molecular weight is 487 g/mol. The predicted molar refractivity (Wildman–Crippen MR) is 123 cm³/mol. The molecule has 3 heterocycles. The zero-order chi connectivity index (χ0) is 20.7. The molecule has 0 radical (unpaired) electrons. The van der Waals surface area contributed by atoms with Crippen molar-refractivity contribution in [3.63, 3.8) is 0 Å². The van der Waals surface area contributed by atoms with Gasteiger partial charge < -0.3 is 19.3 Å². The normalized spacial score (nSPS) is 14.9. The highest BCUT2D eigenvalue weighted by molar-refractivity contribution is 9.10. The molecule has 2 aliphatic rings. The van der Waals surface area contributed by atoms with E-state index in [1.807, 2.05) is 28.4 Å². The molecule has 0 saturated heterocycles. The molecule has 5 rings (SSSR count). The van der Waals surface area contributed by atoms with Crippen molar-refractivity contribution in [2.45, 2.75) is 19.4 Å². The van der Waals surface area contributed by atoms with Crippen LogP contribution in [0.25, 0.3) is 10.1 Å². The van der Waals surface area contributed by atoms with Gasteiger partial charge in [-0.15, -0.1) is 11.3 Å². The maximum Gasteiger partial charge on any atom is 0.254 e. The maximum absolute atomic E-state index is 12.7. The molecule has 0 fully saturated rings. The third kappa shape index (κ3) is 3.82. The van der Waals surface area contributed by atoms with Gasteiger partial charge in [-0.05, 0) is 78.7 Å². The predicted octanol–water partition coefficient (Wildman–Crippen LogP) is 4.91. The monoisotopic (exact) mass is 486 g/mol. The van der Waals surface area contributed by atoms with Crippen molar-refractivity contribution in [1.29, 1.82) is 0 Å². The molecule has 3 aromatic rings. The fourth-order valence-electron chi connectivity index (χ4n) is 4.14. The van der Waals surface area contributed by atoms with Crippen LogP contribution in [0.5, 0.6) is 11.5 Å². The molecule has 0 unspecified atom stereocenters. The highest BCUT2D eigenvalue weighted by atomic mass is 79.9. The van der Waals surface area contributed by atoms with Gasteiger partial charge in [0.25, 0.3) is 5.91 Å². The van der Waals surface area contributed by atoms with Crippen LogP contribution in [0.2, 0.25) is 0 Å². The van der Waals surface area contributed by atoms with Crippen LogP contribution < -0.4 is 9.47 Å². The largest absolute Gasteiger partial charge is 0.454 e. The SMILES string of the molecule is CN(CCCN1Cc2cc3c(cc2C1=O)OCO3)CCc1csc2ccc(Br)cc12. The molecule has 156 valence electrons. The summed E-state index contributed by atoms with van der Waals surface area (Å²) in [6, 6.07) is 10.3. The van der Waals surface area contributed by atoms with Crippen molar-refractivity contribution in [1.82, 2.24) is 9.80 Å². The van der Waals surface area contributed by atoms with Crippen LogP contribution in [0.4, 0.5) is 0 Å². The summed E-state index contributed by atoms with van der Waals surface area (Å²) in [5.74, 6) is 1.52. The van der Waals surface area contributed by atoms with E-state index in [0.717, 1.165) is 53.8 Å². The fraction of sp³-hybridized carbons (Fsp3) is 0.348. The lowest BCUT2D eigenvalue weighted by Crippen LogP contribution is -2.29. The Morgan fingerprint density at radius 3 is 2.87 bits per heavy atom. The Kier molecular flexibility index (Phi) is 5.43. The number of rotatable bonds is 7. The molecule has 0 atom stereocenters. The van der Waals surface area contributed by atoms with E-state index in [9.17, 15) is 4.79 Å². The van der Waals surface area contributed by atoms with Crippen molar-refractivity contribution in [3.05, 3.63) is 56.9 Å². The molecule has 1 aromatic heterocycles. The van der Waals surface area contributed by atoms with Crippen molar-refractivity contribution < 1.29 is 14.3 Å². The number of likely N-dealkylation sites (N-methyl/N-ethyl adjacent to an activating group) is 1. The Balaban J connectivity index is 1.12. The summed E-state index contributed by atoms with van der Waals surface area (Å²) in [6.45, 7) is 3.63. The number of hydrogen-bond donors (Lipinski definition) is 0. The first-order valence-electron chi connectivity index (χ1n) is 10.1. The smallest absolute Gasteiger partial charge is 0.254 e. The van der Waals surface area contributed by atoms with Crippen LogP contribution in [0.1, 0.15) is 27.9 Å². The number of thiophene rings is 1. The van der Waals surface area contributed by atoms with Crippen molar-refractivity contribution in [2.75, 3.05) is 33.5 Å².